The number of rotatable bonds is 5. The highest BCUT2D eigenvalue weighted by atomic mass is 16.5. The van der Waals surface area contributed by atoms with Crippen LogP contribution >= 0.6 is 0 Å². The predicted octanol–water partition coefficient (Wildman–Crippen LogP) is 1.95. The Labute approximate surface area is 89.7 Å². The minimum atomic E-state index is -0.462. The molecule has 4 heteroatoms. The largest absolute Gasteiger partial charge is 0.368 e. The molecule has 1 unspecified atom stereocenters. The number of nitrogens with zero attached hydrogens (tertiary/aromatic N) is 2. The van der Waals surface area contributed by atoms with Crippen molar-refractivity contribution < 1.29 is 9.53 Å². The third kappa shape index (κ3) is 2.59. The summed E-state index contributed by atoms with van der Waals surface area (Å²) >= 11 is 0. The number of ether oxygens (including phenoxy) is 1. The lowest BCUT2D eigenvalue weighted by Gasteiger charge is -2.26. The fraction of sp³-hybridized carbons (Fsp3) is 0.545. The first-order valence-corrected chi connectivity index (χ1v) is 5.08. The molecule has 1 atom stereocenters. The summed E-state index contributed by atoms with van der Waals surface area (Å²) in [5.74, 6) is 0.623. The number of hydrogen-bond donors (Lipinski definition) is 0. The van der Waals surface area contributed by atoms with E-state index in [4.69, 9.17) is 4.74 Å². The van der Waals surface area contributed by atoms with Gasteiger partial charge in [0.25, 0.3) is 0 Å². The van der Waals surface area contributed by atoms with Crippen LogP contribution in [-0.2, 0) is 10.3 Å². The molecule has 0 fully saturated rings. The van der Waals surface area contributed by atoms with E-state index in [1.807, 2.05) is 20.8 Å². The van der Waals surface area contributed by atoms with Crippen molar-refractivity contribution >= 4 is 6.29 Å². The molecule has 0 N–H and O–H groups in total. The first-order chi connectivity index (χ1) is 7.16. The summed E-state index contributed by atoms with van der Waals surface area (Å²) in [6.07, 6.45) is 4.56. The quantitative estimate of drug-likeness (QED) is 0.694. The number of carbonyl (C=O) groups excluding carboxylic acids is 1. The Morgan fingerprint density at radius 2 is 2.00 bits per heavy atom. The maximum absolute atomic E-state index is 10.5. The van der Waals surface area contributed by atoms with Crippen LogP contribution in [0.2, 0.25) is 0 Å². The molecule has 0 aliphatic heterocycles. The average molecular weight is 208 g/mol. The van der Waals surface area contributed by atoms with Crippen LogP contribution < -0.4 is 0 Å². The number of carbonyl (C=O) groups is 1. The molecule has 0 aliphatic carbocycles. The van der Waals surface area contributed by atoms with Gasteiger partial charge in [0.05, 0.1) is 5.56 Å². The summed E-state index contributed by atoms with van der Waals surface area (Å²) in [4.78, 5) is 18.7. The van der Waals surface area contributed by atoms with Gasteiger partial charge in [0.2, 0.25) is 0 Å². The van der Waals surface area contributed by atoms with Gasteiger partial charge in [-0.15, -0.1) is 0 Å². The van der Waals surface area contributed by atoms with E-state index < -0.39 is 5.60 Å². The van der Waals surface area contributed by atoms with E-state index in [9.17, 15) is 4.79 Å². The van der Waals surface area contributed by atoms with E-state index in [-0.39, 0.29) is 0 Å². The molecule has 0 aromatic carbocycles. The molecule has 15 heavy (non-hydrogen) atoms. The molecule has 0 spiro atoms. The van der Waals surface area contributed by atoms with Crippen molar-refractivity contribution in [3.8, 4) is 0 Å². The molecule has 0 aliphatic rings. The number of hydrogen-bond acceptors (Lipinski definition) is 4. The molecule has 1 heterocycles. The third-order valence-electron chi connectivity index (χ3n) is 2.42. The lowest BCUT2D eigenvalue weighted by molar-refractivity contribution is -0.0390. The Morgan fingerprint density at radius 3 is 2.40 bits per heavy atom. The van der Waals surface area contributed by atoms with Crippen molar-refractivity contribution in [1.29, 1.82) is 0 Å². The smallest absolute Gasteiger partial charge is 0.159 e. The fourth-order valence-electron chi connectivity index (χ4n) is 1.32. The lowest BCUT2D eigenvalue weighted by atomic mass is 10.0. The number of aldehydes is 1. The highest BCUT2D eigenvalue weighted by Gasteiger charge is 2.27. The first-order valence-electron chi connectivity index (χ1n) is 5.08. The van der Waals surface area contributed by atoms with Crippen molar-refractivity contribution in [2.24, 2.45) is 0 Å². The van der Waals surface area contributed by atoms with E-state index >= 15 is 0 Å². The standard InChI is InChI=1S/C11H16N2O2/c1-4-11(3,15-5-2)10-12-6-9(8-14)7-13-10/h6-8H,4-5H2,1-3H3. The van der Waals surface area contributed by atoms with Crippen molar-refractivity contribution in [3.63, 3.8) is 0 Å². The fourth-order valence-corrected chi connectivity index (χ4v) is 1.32. The van der Waals surface area contributed by atoms with E-state index in [1.165, 1.54) is 12.4 Å². The highest BCUT2D eigenvalue weighted by molar-refractivity contribution is 5.73. The van der Waals surface area contributed by atoms with Gasteiger partial charge < -0.3 is 4.74 Å². The van der Waals surface area contributed by atoms with Crippen LogP contribution in [0, 0.1) is 0 Å². The normalized spacial score (nSPS) is 14.6. The zero-order valence-electron chi connectivity index (χ0n) is 9.36. The van der Waals surface area contributed by atoms with Crippen LogP contribution in [-0.4, -0.2) is 22.9 Å². The third-order valence-corrected chi connectivity index (χ3v) is 2.42. The molecular formula is C11H16N2O2. The molecule has 0 radical (unpaired) electrons. The second-order valence-electron chi connectivity index (χ2n) is 3.48. The zero-order chi connectivity index (χ0) is 11.3. The Morgan fingerprint density at radius 1 is 1.40 bits per heavy atom. The lowest BCUT2D eigenvalue weighted by Crippen LogP contribution is -2.27. The van der Waals surface area contributed by atoms with Crippen LogP contribution in [0.1, 0.15) is 43.4 Å². The van der Waals surface area contributed by atoms with Crippen molar-refractivity contribution in [3.05, 3.63) is 23.8 Å². The Bertz CT molecular complexity index is 324. The van der Waals surface area contributed by atoms with Crippen molar-refractivity contribution in [2.75, 3.05) is 6.61 Å². The molecule has 82 valence electrons. The summed E-state index contributed by atoms with van der Waals surface area (Å²) in [5, 5.41) is 0. The van der Waals surface area contributed by atoms with Gasteiger partial charge in [-0.05, 0) is 20.3 Å². The van der Waals surface area contributed by atoms with Crippen LogP contribution in [0.5, 0.6) is 0 Å². The van der Waals surface area contributed by atoms with Gasteiger partial charge in [-0.2, -0.15) is 0 Å². The maximum atomic E-state index is 10.5. The highest BCUT2D eigenvalue weighted by Crippen LogP contribution is 2.25. The maximum Gasteiger partial charge on any atom is 0.159 e. The zero-order valence-corrected chi connectivity index (χ0v) is 9.36. The topological polar surface area (TPSA) is 52.1 Å². The summed E-state index contributed by atoms with van der Waals surface area (Å²) in [6.45, 7) is 6.52. The summed E-state index contributed by atoms with van der Waals surface area (Å²) in [6, 6.07) is 0. The van der Waals surface area contributed by atoms with Gasteiger partial charge in [0, 0.05) is 19.0 Å². The van der Waals surface area contributed by atoms with Crippen molar-refractivity contribution in [1.82, 2.24) is 9.97 Å². The van der Waals surface area contributed by atoms with Gasteiger partial charge in [0.1, 0.15) is 5.60 Å². The molecule has 1 aromatic rings. The molecule has 0 amide bonds. The molecule has 0 saturated heterocycles. The van der Waals surface area contributed by atoms with Gasteiger partial charge in [0.15, 0.2) is 12.1 Å². The van der Waals surface area contributed by atoms with E-state index in [2.05, 4.69) is 9.97 Å². The number of aromatic nitrogens is 2. The molecule has 1 aromatic heterocycles. The van der Waals surface area contributed by atoms with Crippen LogP contribution in [0.3, 0.4) is 0 Å². The minimum Gasteiger partial charge on any atom is -0.368 e. The van der Waals surface area contributed by atoms with Gasteiger partial charge in [-0.3, -0.25) is 4.79 Å². The minimum absolute atomic E-state index is 0.462. The van der Waals surface area contributed by atoms with Gasteiger partial charge >= 0.3 is 0 Å². The monoisotopic (exact) mass is 208 g/mol. The van der Waals surface area contributed by atoms with E-state index in [0.717, 1.165) is 12.7 Å². The summed E-state index contributed by atoms with van der Waals surface area (Å²) < 4.78 is 5.62. The molecule has 4 nitrogen and oxygen atoms in total. The molecule has 0 bridgehead atoms. The molecule has 0 saturated carbocycles. The van der Waals surface area contributed by atoms with Crippen LogP contribution in [0.15, 0.2) is 12.4 Å². The first kappa shape index (κ1) is 11.8. The van der Waals surface area contributed by atoms with Crippen molar-refractivity contribution in [2.45, 2.75) is 32.8 Å². The van der Waals surface area contributed by atoms with Gasteiger partial charge in [-0.25, -0.2) is 9.97 Å². The SMILES string of the molecule is CCOC(C)(CC)c1ncc(C=O)cn1. The predicted molar refractivity (Wildman–Crippen MR) is 56.7 cm³/mol. The Hall–Kier alpha value is -1.29. The van der Waals surface area contributed by atoms with Crippen LogP contribution in [0.4, 0.5) is 0 Å². The Balaban J connectivity index is 2.96. The molecular weight excluding hydrogens is 192 g/mol. The second kappa shape index (κ2) is 4.98. The molecule has 1 rings (SSSR count). The summed E-state index contributed by atoms with van der Waals surface area (Å²) in [7, 11) is 0. The second-order valence-corrected chi connectivity index (χ2v) is 3.48. The Kier molecular flexibility index (Phi) is 3.91. The summed E-state index contributed by atoms with van der Waals surface area (Å²) in [5.41, 5.74) is 0.0181. The van der Waals surface area contributed by atoms with Crippen LogP contribution in [0.25, 0.3) is 0 Å². The van der Waals surface area contributed by atoms with E-state index in [0.29, 0.717) is 18.0 Å². The van der Waals surface area contributed by atoms with Gasteiger partial charge in [-0.1, -0.05) is 6.92 Å². The average Bonchev–Trinajstić information content (AvgIpc) is 2.29. The van der Waals surface area contributed by atoms with E-state index in [1.54, 1.807) is 0 Å².